The predicted molar refractivity (Wildman–Crippen MR) is 148 cm³/mol. The van der Waals surface area contributed by atoms with Gasteiger partial charge in [-0.25, -0.2) is 4.79 Å². The maximum absolute atomic E-state index is 12.9. The first-order valence-corrected chi connectivity index (χ1v) is 12.9. The molecule has 0 radical (unpaired) electrons. The fourth-order valence-electron chi connectivity index (χ4n) is 4.21. The highest BCUT2D eigenvalue weighted by Gasteiger charge is 2.26. The maximum atomic E-state index is 12.9. The number of amides is 1. The van der Waals surface area contributed by atoms with Crippen LogP contribution in [0, 0.1) is 10.1 Å². The molecule has 1 aliphatic rings. The summed E-state index contributed by atoms with van der Waals surface area (Å²) in [4.78, 5) is 37.8. The Balaban J connectivity index is 1.41. The molecule has 1 atom stereocenters. The smallest absolute Gasteiger partial charge is 0.326 e. The third kappa shape index (κ3) is 7.17. The molecule has 204 valence electrons. The molecule has 1 heterocycles. The van der Waals surface area contributed by atoms with Crippen molar-refractivity contribution in [2.75, 3.05) is 31.1 Å². The van der Waals surface area contributed by atoms with Gasteiger partial charge in [-0.3, -0.25) is 14.9 Å². The summed E-state index contributed by atoms with van der Waals surface area (Å²) in [5.41, 5.74) is 1.52. The Kier molecular flexibility index (Phi) is 9.23. The molecule has 1 saturated heterocycles. The zero-order valence-corrected chi connectivity index (χ0v) is 22.2. The van der Waals surface area contributed by atoms with E-state index in [1.54, 1.807) is 42.5 Å². The van der Waals surface area contributed by atoms with Crippen LogP contribution >= 0.6 is 23.2 Å². The van der Waals surface area contributed by atoms with Crippen LogP contribution in [0.25, 0.3) is 0 Å². The number of benzene rings is 3. The lowest BCUT2D eigenvalue weighted by atomic mass is 10.0. The van der Waals surface area contributed by atoms with Crippen LogP contribution in [0.1, 0.15) is 21.5 Å². The van der Waals surface area contributed by atoms with Gasteiger partial charge in [-0.05, 0) is 42.0 Å². The fraction of sp³-hybridized carbons (Fsp3) is 0.259. The van der Waals surface area contributed by atoms with Gasteiger partial charge in [0.25, 0.3) is 11.6 Å². The van der Waals surface area contributed by atoms with Crippen LogP contribution in [-0.4, -0.2) is 54.1 Å². The lowest BCUT2D eigenvalue weighted by Gasteiger charge is -2.29. The summed E-state index contributed by atoms with van der Waals surface area (Å²) in [6.07, 6.45) is -0.00134. The molecular formula is C27H26Cl2N4O6. The second-order valence-corrected chi connectivity index (χ2v) is 9.71. The van der Waals surface area contributed by atoms with Gasteiger partial charge in [0, 0.05) is 59.8 Å². The van der Waals surface area contributed by atoms with Gasteiger partial charge in [-0.2, -0.15) is 0 Å². The first-order chi connectivity index (χ1) is 18.7. The zero-order valence-electron chi connectivity index (χ0n) is 20.7. The van der Waals surface area contributed by atoms with E-state index in [1.807, 2.05) is 4.90 Å². The molecular weight excluding hydrogens is 547 g/mol. The first-order valence-electron chi connectivity index (χ1n) is 12.2. The largest absolute Gasteiger partial charge is 0.489 e. The molecule has 3 aromatic carbocycles. The van der Waals surface area contributed by atoms with Gasteiger partial charge < -0.3 is 25.4 Å². The SMILES string of the molecule is O=C(NC(Cc1ccc(OCc2c(Cl)cccc2Cl)cc1)C(=O)O)c1ccc(N2CCNCC2)c([N+](=O)[O-])c1. The molecule has 3 N–H and O–H groups in total. The van der Waals surface area contributed by atoms with Crippen LogP contribution in [0.3, 0.4) is 0 Å². The fourth-order valence-corrected chi connectivity index (χ4v) is 4.72. The summed E-state index contributed by atoms with van der Waals surface area (Å²) in [6, 6.07) is 14.9. The number of anilines is 1. The average molecular weight is 573 g/mol. The summed E-state index contributed by atoms with van der Waals surface area (Å²) in [5, 5.41) is 28.1. The number of nitrogens with one attached hydrogen (secondary N) is 2. The van der Waals surface area contributed by atoms with Crippen molar-refractivity contribution in [1.82, 2.24) is 10.6 Å². The molecule has 1 unspecified atom stereocenters. The van der Waals surface area contributed by atoms with E-state index >= 15 is 0 Å². The van der Waals surface area contributed by atoms with Crippen molar-refractivity contribution in [2.45, 2.75) is 19.1 Å². The van der Waals surface area contributed by atoms with Gasteiger partial charge in [-0.1, -0.05) is 41.4 Å². The molecule has 1 fully saturated rings. The molecule has 0 spiro atoms. The van der Waals surface area contributed by atoms with Crippen molar-refractivity contribution >= 4 is 46.5 Å². The minimum absolute atomic E-state index is 0.00134. The molecule has 12 heteroatoms. The standard InChI is InChI=1S/C27H26Cl2N4O6/c28-21-2-1-3-22(29)20(21)16-39-19-7-4-17(5-8-19)14-23(27(35)36)31-26(34)18-6-9-24(25(15-18)33(37)38)32-12-10-30-11-13-32/h1-9,15,23,30H,10-14,16H2,(H,31,34)(H,35,36). The number of carboxylic acids is 1. The number of aliphatic carboxylic acids is 1. The molecule has 0 saturated carbocycles. The highest BCUT2D eigenvalue weighted by atomic mass is 35.5. The molecule has 4 rings (SSSR count). The Morgan fingerprint density at radius 3 is 2.36 bits per heavy atom. The van der Waals surface area contributed by atoms with E-state index in [2.05, 4.69) is 10.6 Å². The van der Waals surface area contributed by atoms with Crippen molar-refractivity contribution < 1.29 is 24.4 Å². The predicted octanol–water partition coefficient (Wildman–Crippen LogP) is 4.32. The second kappa shape index (κ2) is 12.8. The van der Waals surface area contributed by atoms with Crippen molar-refractivity contribution in [3.63, 3.8) is 0 Å². The normalized spacial score (nSPS) is 13.9. The van der Waals surface area contributed by atoms with E-state index in [1.165, 1.54) is 18.2 Å². The van der Waals surface area contributed by atoms with Crippen LogP contribution in [0.15, 0.2) is 60.7 Å². The minimum Gasteiger partial charge on any atom is -0.489 e. The Labute approximate surface area is 234 Å². The molecule has 39 heavy (non-hydrogen) atoms. The number of rotatable bonds is 10. The third-order valence-electron chi connectivity index (χ3n) is 6.30. The van der Waals surface area contributed by atoms with Crippen molar-refractivity contribution in [3.8, 4) is 5.75 Å². The van der Waals surface area contributed by atoms with Gasteiger partial charge in [0.2, 0.25) is 0 Å². The lowest BCUT2D eigenvalue weighted by Crippen LogP contribution is -2.44. The van der Waals surface area contributed by atoms with Crippen LogP contribution in [0.4, 0.5) is 11.4 Å². The van der Waals surface area contributed by atoms with E-state index in [4.69, 9.17) is 27.9 Å². The van der Waals surface area contributed by atoms with Gasteiger partial charge in [-0.15, -0.1) is 0 Å². The molecule has 1 aliphatic heterocycles. The number of carbonyl (C=O) groups is 2. The number of nitrogens with zero attached hydrogens (tertiary/aromatic N) is 2. The van der Waals surface area contributed by atoms with Gasteiger partial charge >= 0.3 is 5.97 Å². The molecule has 0 bridgehead atoms. The molecule has 3 aromatic rings. The Morgan fingerprint density at radius 2 is 1.74 bits per heavy atom. The molecule has 10 nitrogen and oxygen atoms in total. The summed E-state index contributed by atoms with van der Waals surface area (Å²) in [5.74, 6) is -1.42. The van der Waals surface area contributed by atoms with Crippen molar-refractivity contribution in [3.05, 3.63) is 97.5 Å². The van der Waals surface area contributed by atoms with E-state index in [0.29, 0.717) is 58.8 Å². The third-order valence-corrected chi connectivity index (χ3v) is 7.01. The maximum Gasteiger partial charge on any atom is 0.326 e. The van der Waals surface area contributed by atoms with Crippen LogP contribution in [0.5, 0.6) is 5.75 Å². The number of nitro groups is 1. The molecule has 1 amide bonds. The Bertz CT molecular complexity index is 1340. The van der Waals surface area contributed by atoms with E-state index < -0.39 is 22.8 Å². The molecule has 0 aromatic heterocycles. The molecule has 0 aliphatic carbocycles. The monoisotopic (exact) mass is 572 g/mol. The number of ether oxygens (including phenoxy) is 1. The number of piperazine rings is 1. The Morgan fingerprint density at radius 1 is 1.08 bits per heavy atom. The summed E-state index contributed by atoms with van der Waals surface area (Å²) in [6.45, 7) is 2.76. The van der Waals surface area contributed by atoms with Gasteiger partial charge in [0.05, 0.1) is 4.92 Å². The summed E-state index contributed by atoms with van der Waals surface area (Å²) in [7, 11) is 0. The minimum atomic E-state index is -1.25. The quantitative estimate of drug-likeness (QED) is 0.241. The summed E-state index contributed by atoms with van der Waals surface area (Å²) < 4.78 is 5.75. The van der Waals surface area contributed by atoms with E-state index in [0.717, 1.165) is 0 Å². The van der Waals surface area contributed by atoms with Crippen molar-refractivity contribution in [2.24, 2.45) is 0 Å². The first kappa shape index (κ1) is 28.2. The number of carbonyl (C=O) groups excluding carboxylic acids is 1. The number of halogens is 2. The van der Waals surface area contributed by atoms with Crippen LogP contribution < -0.4 is 20.3 Å². The average Bonchev–Trinajstić information content (AvgIpc) is 2.93. The highest BCUT2D eigenvalue weighted by Crippen LogP contribution is 2.30. The topological polar surface area (TPSA) is 134 Å². The number of carboxylic acid groups (broad SMARTS) is 1. The van der Waals surface area contributed by atoms with E-state index in [-0.39, 0.29) is 24.3 Å². The second-order valence-electron chi connectivity index (χ2n) is 8.90. The summed E-state index contributed by atoms with van der Waals surface area (Å²) >= 11 is 12.3. The lowest BCUT2D eigenvalue weighted by molar-refractivity contribution is -0.384. The Hall–Kier alpha value is -3.86. The number of hydrogen-bond acceptors (Lipinski definition) is 7. The number of nitro benzene ring substituents is 1. The van der Waals surface area contributed by atoms with Crippen molar-refractivity contribution in [1.29, 1.82) is 0 Å². The van der Waals surface area contributed by atoms with Crippen LogP contribution in [-0.2, 0) is 17.8 Å². The highest BCUT2D eigenvalue weighted by molar-refractivity contribution is 6.35. The van der Waals surface area contributed by atoms with E-state index in [9.17, 15) is 24.8 Å². The van der Waals surface area contributed by atoms with Gasteiger partial charge in [0.15, 0.2) is 0 Å². The number of hydrogen-bond donors (Lipinski definition) is 3. The zero-order chi connectivity index (χ0) is 27.9. The van der Waals surface area contributed by atoms with Gasteiger partial charge in [0.1, 0.15) is 24.1 Å². The van der Waals surface area contributed by atoms with Crippen LogP contribution in [0.2, 0.25) is 10.0 Å².